The molecule has 4 nitrogen and oxygen atoms in total. The van der Waals surface area contributed by atoms with Crippen LogP contribution in [-0.2, 0) is 16.0 Å². The summed E-state index contributed by atoms with van der Waals surface area (Å²) in [5.74, 6) is 3.37. The fourth-order valence-corrected chi connectivity index (χ4v) is 1.26. The highest BCUT2D eigenvalue weighted by Gasteiger charge is 1.99. The Labute approximate surface area is 134 Å². The van der Waals surface area contributed by atoms with Crippen molar-refractivity contribution in [3.8, 4) is 18.1 Å². The summed E-state index contributed by atoms with van der Waals surface area (Å²) in [6.07, 6.45) is 6.32. The molecule has 0 saturated carbocycles. The van der Waals surface area contributed by atoms with Crippen LogP contribution in [0.15, 0.2) is 24.3 Å². The Hall–Kier alpha value is -2.28. The lowest BCUT2D eigenvalue weighted by Gasteiger charge is -2.04. The molecule has 0 aliphatic carbocycles. The third-order valence-electron chi connectivity index (χ3n) is 2.17. The minimum absolute atomic E-state index is 0.0488. The molecule has 0 bridgehead atoms. The lowest BCUT2D eigenvalue weighted by atomic mass is 10.1. The van der Waals surface area contributed by atoms with Gasteiger partial charge in [-0.1, -0.05) is 31.9 Å². The summed E-state index contributed by atoms with van der Waals surface area (Å²) in [5.41, 5.74) is 1.11. The molecule has 0 aromatic heterocycles. The number of terminal acetylenes is 1. The maximum absolute atomic E-state index is 11.0. The highest BCUT2D eigenvalue weighted by Crippen LogP contribution is 2.13. The van der Waals surface area contributed by atoms with Crippen LogP contribution in [-0.4, -0.2) is 25.3 Å². The number of benzene rings is 1. The van der Waals surface area contributed by atoms with E-state index < -0.39 is 0 Å². The number of aryl methyl sites for hydroxylation is 1. The SMILES string of the molecule is C#CCOc1ccc(CCC(=O)NC)cc1.CC.CC(C)=O. The summed E-state index contributed by atoms with van der Waals surface area (Å²) in [6, 6.07) is 7.59. The average molecular weight is 305 g/mol. The van der Waals surface area contributed by atoms with Gasteiger partial charge >= 0.3 is 0 Å². The Balaban J connectivity index is 0. The quantitative estimate of drug-likeness (QED) is 0.851. The van der Waals surface area contributed by atoms with Crippen LogP contribution >= 0.6 is 0 Å². The fourth-order valence-electron chi connectivity index (χ4n) is 1.26. The third kappa shape index (κ3) is 14.1. The lowest BCUT2D eigenvalue weighted by molar-refractivity contribution is -0.120. The van der Waals surface area contributed by atoms with Crippen LogP contribution in [0.5, 0.6) is 5.75 Å². The van der Waals surface area contributed by atoms with E-state index in [0.717, 1.165) is 17.7 Å². The van der Waals surface area contributed by atoms with Gasteiger partial charge in [0, 0.05) is 13.5 Å². The number of Topliss-reactive ketones (excluding diaryl/α,β-unsaturated/α-hetero) is 1. The zero-order chi connectivity index (χ0) is 17.4. The first-order valence-corrected chi connectivity index (χ1v) is 7.32. The Kier molecular flexibility index (Phi) is 15.1. The fraction of sp³-hybridized carbons (Fsp3) is 0.444. The zero-order valence-electron chi connectivity index (χ0n) is 14.2. The van der Waals surface area contributed by atoms with Gasteiger partial charge in [-0.15, -0.1) is 6.42 Å². The molecule has 1 aromatic carbocycles. The van der Waals surface area contributed by atoms with Gasteiger partial charge in [0.05, 0.1) is 0 Å². The predicted molar refractivity (Wildman–Crippen MR) is 90.9 cm³/mol. The maximum atomic E-state index is 11.0. The van der Waals surface area contributed by atoms with Crippen molar-refractivity contribution in [1.82, 2.24) is 5.32 Å². The van der Waals surface area contributed by atoms with E-state index in [0.29, 0.717) is 6.42 Å². The van der Waals surface area contributed by atoms with Crippen molar-refractivity contribution in [2.24, 2.45) is 0 Å². The molecular formula is C18H27NO3. The molecule has 0 aliphatic heterocycles. The summed E-state index contributed by atoms with van der Waals surface area (Å²) in [7, 11) is 1.64. The molecule has 1 amide bonds. The normalized spacial score (nSPS) is 8.18. The van der Waals surface area contributed by atoms with Crippen LogP contribution < -0.4 is 10.1 Å². The van der Waals surface area contributed by atoms with Gasteiger partial charge in [-0.25, -0.2) is 0 Å². The first-order chi connectivity index (χ1) is 10.5. The second kappa shape index (κ2) is 15.1. The van der Waals surface area contributed by atoms with Crippen molar-refractivity contribution >= 4 is 11.7 Å². The second-order valence-electron chi connectivity index (χ2n) is 4.22. The van der Waals surface area contributed by atoms with Crippen molar-refractivity contribution in [3.05, 3.63) is 29.8 Å². The molecular weight excluding hydrogens is 278 g/mol. The number of carbonyl (C=O) groups is 2. The van der Waals surface area contributed by atoms with E-state index in [9.17, 15) is 9.59 Å². The standard InChI is InChI=1S/C13H15NO2.C3H6O.C2H6/c1-3-10-16-12-7-4-11(5-8-12)6-9-13(15)14-2;1-3(2)4;1-2/h1,4-5,7-8H,6,9-10H2,2H3,(H,14,15);1-2H3;1-2H3. The first-order valence-electron chi connectivity index (χ1n) is 7.32. The van der Waals surface area contributed by atoms with Crippen LogP contribution in [0, 0.1) is 12.3 Å². The molecule has 0 saturated heterocycles. The highest BCUT2D eigenvalue weighted by atomic mass is 16.5. The van der Waals surface area contributed by atoms with Crippen molar-refractivity contribution in [1.29, 1.82) is 0 Å². The molecule has 0 fully saturated rings. The first kappa shape index (κ1) is 22.0. The Bertz CT molecular complexity index is 454. The van der Waals surface area contributed by atoms with Gasteiger partial charge in [-0.2, -0.15) is 0 Å². The van der Waals surface area contributed by atoms with Crippen molar-refractivity contribution in [2.45, 2.75) is 40.5 Å². The van der Waals surface area contributed by atoms with Gasteiger partial charge in [0.15, 0.2) is 0 Å². The minimum Gasteiger partial charge on any atom is -0.481 e. The van der Waals surface area contributed by atoms with Gasteiger partial charge in [-0.05, 0) is 38.0 Å². The van der Waals surface area contributed by atoms with Crippen LogP contribution in [0.1, 0.15) is 39.7 Å². The average Bonchev–Trinajstić information content (AvgIpc) is 2.53. The lowest BCUT2D eigenvalue weighted by Crippen LogP contribution is -2.17. The Morgan fingerprint density at radius 1 is 1.18 bits per heavy atom. The second-order valence-corrected chi connectivity index (χ2v) is 4.22. The number of ketones is 1. The number of ether oxygens (including phenoxy) is 1. The van der Waals surface area contributed by atoms with Crippen molar-refractivity contribution < 1.29 is 14.3 Å². The molecule has 0 radical (unpaired) electrons. The van der Waals surface area contributed by atoms with Gasteiger partial charge in [0.1, 0.15) is 18.1 Å². The van der Waals surface area contributed by atoms with E-state index in [2.05, 4.69) is 11.2 Å². The summed E-state index contributed by atoms with van der Waals surface area (Å²) in [5, 5.41) is 2.59. The predicted octanol–water partition coefficient (Wildman–Crippen LogP) is 3.00. The molecule has 0 spiro atoms. The number of rotatable bonds is 5. The highest BCUT2D eigenvalue weighted by molar-refractivity contribution is 5.75. The summed E-state index contributed by atoms with van der Waals surface area (Å²) < 4.78 is 5.24. The summed E-state index contributed by atoms with van der Waals surface area (Å²) in [4.78, 5) is 20.5. The largest absolute Gasteiger partial charge is 0.481 e. The summed E-state index contributed by atoms with van der Waals surface area (Å²) in [6.45, 7) is 7.33. The van der Waals surface area contributed by atoms with E-state index in [4.69, 9.17) is 11.2 Å². The topological polar surface area (TPSA) is 55.4 Å². The molecule has 0 heterocycles. The van der Waals surface area contributed by atoms with Crippen molar-refractivity contribution in [3.63, 3.8) is 0 Å². The van der Waals surface area contributed by atoms with Gasteiger partial charge in [-0.3, -0.25) is 4.79 Å². The van der Waals surface area contributed by atoms with Crippen LogP contribution in [0.2, 0.25) is 0 Å². The van der Waals surface area contributed by atoms with Crippen LogP contribution in [0.3, 0.4) is 0 Å². The molecule has 0 aliphatic rings. The van der Waals surface area contributed by atoms with Crippen molar-refractivity contribution in [2.75, 3.05) is 13.7 Å². The smallest absolute Gasteiger partial charge is 0.220 e. The van der Waals surface area contributed by atoms with E-state index in [1.807, 2.05) is 38.1 Å². The van der Waals surface area contributed by atoms with Gasteiger partial charge < -0.3 is 14.8 Å². The summed E-state index contributed by atoms with van der Waals surface area (Å²) >= 11 is 0. The number of hydrogen-bond acceptors (Lipinski definition) is 3. The Morgan fingerprint density at radius 2 is 1.68 bits per heavy atom. The Morgan fingerprint density at radius 3 is 2.09 bits per heavy atom. The maximum Gasteiger partial charge on any atom is 0.220 e. The monoisotopic (exact) mass is 305 g/mol. The van der Waals surface area contributed by atoms with E-state index >= 15 is 0 Å². The zero-order valence-corrected chi connectivity index (χ0v) is 14.2. The number of nitrogens with one attached hydrogen (secondary N) is 1. The van der Waals surface area contributed by atoms with Gasteiger partial charge in [0.2, 0.25) is 5.91 Å². The molecule has 0 unspecified atom stereocenters. The molecule has 22 heavy (non-hydrogen) atoms. The number of hydrogen-bond donors (Lipinski definition) is 1. The number of carbonyl (C=O) groups excluding carboxylic acids is 2. The van der Waals surface area contributed by atoms with E-state index in [1.165, 1.54) is 13.8 Å². The molecule has 1 N–H and O–H groups in total. The third-order valence-corrected chi connectivity index (χ3v) is 2.17. The van der Waals surface area contributed by atoms with Crippen LogP contribution in [0.4, 0.5) is 0 Å². The molecule has 0 atom stereocenters. The van der Waals surface area contributed by atoms with Crippen LogP contribution in [0.25, 0.3) is 0 Å². The minimum atomic E-state index is 0.0488. The molecule has 122 valence electrons. The van der Waals surface area contributed by atoms with E-state index in [1.54, 1.807) is 7.05 Å². The molecule has 1 aromatic rings. The van der Waals surface area contributed by atoms with E-state index in [-0.39, 0.29) is 18.3 Å². The molecule has 1 rings (SSSR count). The molecule has 4 heteroatoms. The number of amides is 1. The van der Waals surface area contributed by atoms with Gasteiger partial charge in [0.25, 0.3) is 0 Å².